The third-order valence-electron chi connectivity index (χ3n) is 4.42. The zero-order chi connectivity index (χ0) is 26.1. The first-order valence-corrected chi connectivity index (χ1v) is 11.6. The number of benzene rings is 2. The number of fused-ring (bicyclic) bond motifs is 1. The summed E-state index contributed by atoms with van der Waals surface area (Å²) in [5.74, 6) is 3.77. The Kier molecular flexibility index (Phi) is 11.7. The van der Waals surface area contributed by atoms with Gasteiger partial charge in [-0.1, -0.05) is 0 Å². The Bertz CT molecular complexity index is 1450. The summed E-state index contributed by atoms with van der Waals surface area (Å²) in [6, 6.07) is 15.3. The third kappa shape index (κ3) is 8.64. The van der Waals surface area contributed by atoms with Crippen molar-refractivity contribution < 1.29 is 18.0 Å². The second-order valence-electron chi connectivity index (χ2n) is 6.90. The molecule has 37 heavy (non-hydrogen) atoms. The van der Waals surface area contributed by atoms with Gasteiger partial charge in [0, 0.05) is 32.4 Å². The zero-order valence-corrected chi connectivity index (χ0v) is 22.6. The predicted octanol–water partition coefficient (Wildman–Crippen LogP) is 6.65. The molecule has 0 atom stereocenters. The van der Waals surface area contributed by atoms with Gasteiger partial charge in [-0.3, -0.25) is 10.6 Å². The third-order valence-corrected chi connectivity index (χ3v) is 5.28. The maximum Gasteiger partial charge on any atom is 0.223 e. The van der Waals surface area contributed by atoms with Crippen LogP contribution in [-0.4, -0.2) is 26.0 Å². The van der Waals surface area contributed by atoms with Crippen LogP contribution >= 0.6 is 44.3 Å². The van der Waals surface area contributed by atoms with Gasteiger partial charge in [-0.15, -0.1) is 12.4 Å². The number of hydrogen-bond donors (Lipinski definition) is 2. The van der Waals surface area contributed by atoms with Crippen molar-refractivity contribution in [2.24, 2.45) is 5.84 Å². The molecular weight excluding hydrogens is 641 g/mol. The van der Waals surface area contributed by atoms with Crippen LogP contribution in [0.5, 0.6) is 0 Å². The number of pyridine rings is 2. The topological polar surface area (TPSA) is 98.7 Å². The van der Waals surface area contributed by atoms with Gasteiger partial charge in [-0.2, -0.15) is 9.49 Å². The number of carbonyl (C=O) groups is 1. The number of nitrogen functional groups attached to an aromatic ring is 1. The van der Waals surface area contributed by atoms with Crippen molar-refractivity contribution in [1.29, 1.82) is 0 Å². The number of nitrogens with one attached hydrogen (secondary N) is 1. The van der Waals surface area contributed by atoms with Crippen molar-refractivity contribution in [3.63, 3.8) is 0 Å². The summed E-state index contributed by atoms with van der Waals surface area (Å²) in [6.07, 6.45) is 5.16. The fourth-order valence-electron chi connectivity index (χ4n) is 2.73. The molecule has 0 fully saturated rings. The van der Waals surface area contributed by atoms with Gasteiger partial charge in [-0.05, 0) is 92.5 Å². The fourth-order valence-corrected chi connectivity index (χ4v) is 3.43. The Balaban J connectivity index is 0.000000208. The quantitative estimate of drug-likeness (QED) is 0.0975. The van der Waals surface area contributed by atoms with E-state index in [9.17, 15) is 18.0 Å². The highest BCUT2D eigenvalue weighted by atomic mass is 79.9. The van der Waals surface area contributed by atoms with Crippen LogP contribution in [0.25, 0.3) is 16.7 Å². The zero-order valence-electron chi connectivity index (χ0n) is 18.7. The maximum absolute atomic E-state index is 12.8. The first kappa shape index (κ1) is 29.9. The molecule has 7 nitrogen and oxygen atoms in total. The number of anilines is 1. The van der Waals surface area contributed by atoms with Crippen LogP contribution in [0.1, 0.15) is 10.4 Å². The van der Waals surface area contributed by atoms with Crippen LogP contribution in [0.2, 0.25) is 0 Å². The highest BCUT2D eigenvalue weighted by molar-refractivity contribution is 9.10. The number of aromatic nitrogens is 4. The number of halogens is 6. The maximum atomic E-state index is 12.8. The smallest absolute Gasteiger partial charge is 0.223 e. The molecule has 0 unspecified atom stereocenters. The van der Waals surface area contributed by atoms with Gasteiger partial charge in [0.2, 0.25) is 5.95 Å². The van der Waals surface area contributed by atoms with Crippen LogP contribution in [0, 0.1) is 17.6 Å². The van der Waals surface area contributed by atoms with Gasteiger partial charge < -0.3 is 5.43 Å². The molecule has 0 amide bonds. The van der Waals surface area contributed by atoms with Crippen molar-refractivity contribution in [3.8, 4) is 5.69 Å². The summed E-state index contributed by atoms with van der Waals surface area (Å²) >= 11 is 6.41. The molecule has 3 N–H and O–H groups in total. The van der Waals surface area contributed by atoms with Crippen LogP contribution in [0.4, 0.5) is 18.9 Å². The molecule has 0 bridgehead atoms. The molecule has 3 aromatic heterocycles. The predicted molar refractivity (Wildman–Crippen MR) is 145 cm³/mol. The highest BCUT2D eigenvalue weighted by Crippen LogP contribution is 2.20. The standard InChI is InChI=1S/C12H7BrFN3.C6H3BrFNO.C6H7FN2.ClH/c13-9-5-8-6-16-17(12(8)15-7-9)11-3-1-10(14)2-4-11;7-5-1-4(3-10)6(8)9-2-5;7-5-1-3-6(9-8)4-2-5;/h1-7H;1-3H;1-4,9H,8H2;1H. The summed E-state index contributed by atoms with van der Waals surface area (Å²) in [7, 11) is 0. The first-order valence-electron chi connectivity index (χ1n) is 10.0. The number of carbonyl (C=O) groups excluding carboxylic acids is 1. The molecule has 0 radical (unpaired) electrons. The van der Waals surface area contributed by atoms with E-state index in [0.717, 1.165) is 21.2 Å². The van der Waals surface area contributed by atoms with Crippen molar-refractivity contribution in [1.82, 2.24) is 19.7 Å². The van der Waals surface area contributed by atoms with Crippen LogP contribution in [0.15, 0.2) is 88.2 Å². The van der Waals surface area contributed by atoms with E-state index < -0.39 is 5.95 Å². The molecule has 0 saturated heterocycles. The second kappa shape index (κ2) is 14.4. The van der Waals surface area contributed by atoms with Gasteiger partial charge in [0.15, 0.2) is 11.9 Å². The average Bonchev–Trinajstić information content (AvgIpc) is 3.30. The Morgan fingerprint density at radius 2 is 1.41 bits per heavy atom. The number of nitrogens with two attached hydrogens (primary N) is 1. The average molecular weight is 659 g/mol. The highest BCUT2D eigenvalue weighted by Gasteiger charge is 2.06. The van der Waals surface area contributed by atoms with Gasteiger partial charge >= 0.3 is 0 Å². The molecule has 5 rings (SSSR count). The van der Waals surface area contributed by atoms with Gasteiger partial charge in [0.05, 0.1) is 17.4 Å². The van der Waals surface area contributed by atoms with Crippen molar-refractivity contribution in [2.45, 2.75) is 0 Å². The molecule has 3 heterocycles. The van der Waals surface area contributed by atoms with Crippen LogP contribution < -0.4 is 11.3 Å². The molecule has 5 aromatic rings. The monoisotopic (exact) mass is 656 g/mol. The molecule has 0 aliphatic rings. The molecule has 0 aliphatic carbocycles. The summed E-state index contributed by atoms with van der Waals surface area (Å²) < 4.78 is 40.6. The van der Waals surface area contributed by atoms with E-state index in [1.54, 1.807) is 41.3 Å². The Hall–Kier alpha value is -3.32. The summed E-state index contributed by atoms with van der Waals surface area (Å²) in [5.41, 5.74) is 4.60. The lowest BCUT2D eigenvalue weighted by molar-refractivity contribution is 0.111. The summed E-state index contributed by atoms with van der Waals surface area (Å²) in [5, 5.41) is 5.18. The van der Waals surface area contributed by atoms with E-state index in [1.807, 2.05) is 6.07 Å². The van der Waals surface area contributed by atoms with Crippen LogP contribution in [0.3, 0.4) is 0 Å². The van der Waals surface area contributed by atoms with Crippen molar-refractivity contribution in [2.75, 3.05) is 5.43 Å². The molecule has 0 saturated carbocycles. The van der Waals surface area contributed by atoms with Gasteiger partial charge in [-0.25, -0.2) is 23.4 Å². The summed E-state index contributed by atoms with van der Waals surface area (Å²) in [4.78, 5) is 17.7. The first-order chi connectivity index (χ1) is 17.3. The molecule has 2 aromatic carbocycles. The minimum Gasteiger partial charge on any atom is -0.324 e. The minimum atomic E-state index is -0.738. The molecular formula is C24H18Br2ClF3N6O. The number of aldehydes is 1. The normalized spacial score (nSPS) is 9.78. The SMILES string of the molecule is Cl.Fc1ccc(-n2ncc3cc(Br)cnc32)cc1.NNc1ccc(F)cc1.O=Cc1cc(Br)cnc1F. The molecule has 13 heteroatoms. The lowest BCUT2D eigenvalue weighted by Gasteiger charge is -2.02. The van der Waals surface area contributed by atoms with E-state index >= 15 is 0 Å². The van der Waals surface area contributed by atoms with E-state index in [-0.39, 0.29) is 29.6 Å². The lowest BCUT2D eigenvalue weighted by Crippen LogP contribution is -2.05. The Morgan fingerprint density at radius 3 is 1.97 bits per heavy atom. The van der Waals surface area contributed by atoms with E-state index in [4.69, 9.17) is 5.84 Å². The number of rotatable bonds is 3. The molecule has 0 aliphatic heterocycles. The lowest BCUT2D eigenvalue weighted by atomic mass is 10.3. The number of nitrogens with zero attached hydrogens (tertiary/aromatic N) is 4. The van der Waals surface area contributed by atoms with Gasteiger partial charge in [0.25, 0.3) is 0 Å². The summed E-state index contributed by atoms with van der Waals surface area (Å²) in [6.45, 7) is 0. The second-order valence-corrected chi connectivity index (χ2v) is 8.73. The number of hydrazine groups is 1. The Labute approximate surface area is 232 Å². The minimum absolute atomic E-state index is 0. The molecule has 192 valence electrons. The van der Waals surface area contributed by atoms with E-state index in [1.165, 1.54) is 36.5 Å². The van der Waals surface area contributed by atoms with Crippen molar-refractivity contribution in [3.05, 3.63) is 111 Å². The van der Waals surface area contributed by atoms with Crippen LogP contribution in [-0.2, 0) is 0 Å². The largest absolute Gasteiger partial charge is 0.324 e. The number of hydrogen-bond acceptors (Lipinski definition) is 6. The van der Waals surface area contributed by atoms with Gasteiger partial charge in [0.1, 0.15) is 11.6 Å². The van der Waals surface area contributed by atoms with E-state index in [0.29, 0.717) is 16.4 Å². The molecule has 0 spiro atoms. The van der Waals surface area contributed by atoms with Crippen molar-refractivity contribution >= 4 is 67.3 Å². The fraction of sp³-hybridized carbons (Fsp3) is 0. The van der Waals surface area contributed by atoms with E-state index in [2.05, 4.69) is 52.4 Å². The Morgan fingerprint density at radius 1 is 0.838 bits per heavy atom.